The summed E-state index contributed by atoms with van der Waals surface area (Å²) < 4.78 is 40.2. The van der Waals surface area contributed by atoms with E-state index in [2.05, 4.69) is 10.8 Å². The zero-order chi connectivity index (χ0) is 20.9. The Labute approximate surface area is 175 Å². The van der Waals surface area contributed by atoms with Crippen molar-refractivity contribution in [2.45, 2.75) is 31.5 Å². The normalized spacial score (nSPS) is 25.0. The van der Waals surface area contributed by atoms with Gasteiger partial charge in [0.1, 0.15) is 6.04 Å². The molecular weight excluding hydrogens is 406 g/mol. The summed E-state index contributed by atoms with van der Waals surface area (Å²) in [6, 6.07) is 12.1. The van der Waals surface area contributed by atoms with Crippen LogP contribution in [0, 0.1) is 0 Å². The van der Waals surface area contributed by atoms with Gasteiger partial charge in [0.25, 0.3) is 10.2 Å². The second kappa shape index (κ2) is 7.26. The van der Waals surface area contributed by atoms with Crippen molar-refractivity contribution in [2.75, 3.05) is 20.4 Å². The first kappa shape index (κ1) is 19.3. The highest BCUT2D eigenvalue weighted by Gasteiger charge is 2.42. The zero-order valence-electron chi connectivity index (χ0n) is 16.6. The van der Waals surface area contributed by atoms with Crippen molar-refractivity contribution < 1.29 is 22.7 Å². The van der Waals surface area contributed by atoms with Gasteiger partial charge in [0.15, 0.2) is 11.5 Å². The van der Waals surface area contributed by atoms with E-state index in [1.807, 2.05) is 24.3 Å². The number of nitrogens with zero attached hydrogens (tertiary/aromatic N) is 2. The lowest BCUT2D eigenvalue weighted by Crippen LogP contribution is -2.58. The zero-order valence-corrected chi connectivity index (χ0v) is 17.4. The van der Waals surface area contributed by atoms with Crippen molar-refractivity contribution in [3.63, 3.8) is 0 Å². The van der Waals surface area contributed by atoms with E-state index in [-0.39, 0.29) is 12.7 Å². The van der Waals surface area contributed by atoms with Crippen LogP contribution in [0.25, 0.3) is 0 Å². The van der Waals surface area contributed by atoms with Crippen molar-refractivity contribution in [1.82, 2.24) is 13.9 Å². The van der Waals surface area contributed by atoms with Crippen LogP contribution in [-0.2, 0) is 28.0 Å². The highest BCUT2D eigenvalue weighted by Crippen LogP contribution is 2.37. The van der Waals surface area contributed by atoms with Crippen LogP contribution in [0.15, 0.2) is 42.5 Å². The maximum absolute atomic E-state index is 13.4. The minimum atomic E-state index is -3.80. The minimum Gasteiger partial charge on any atom is -0.454 e. The van der Waals surface area contributed by atoms with E-state index < -0.39 is 22.3 Å². The van der Waals surface area contributed by atoms with E-state index in [9.17, 15) is 13.2 Å². The number of ether oxygens (including phenoxy) is 2. The van der Waals surface area contributed by atoms with Gasteiger partial charge < -0.3 is 14.4 Å². The highest BCUT2D eigenvalue weighted by atomic mass is 32.2. The maximum Gasteiger partial charge on any atom is 0.280 e. The molecule has 8 nitrogen and oxygen atoms in total. The molecule has 1 amide bonds. The Morgan fingerprint density at radius 2 is 1.87 bits per heavy atom. The van der Waals surface area contributed by atoms with Crippen molar-refractivity contribution in [2.24, 2.45) is 0 Å². The lowest BCUT2D eigenvalue weighted by atomic mass is 9.96. The summed E-state index contributed by atoms with van der Waals surface area (Å²) in [5.41, 5.74) is 3.10. The predicted octanol–water partition coefficient (Wildman–Crippen LogP) is 1.58. The summed E-state index contributed by atoms with van der Waals surface area (Å²) in [7, 11) is -2.35. The molecule has 2 aromatic carbocycles. The lowest BCUT2D eigenvalue weighted by molar-refractivity contribution is -0.136. The molecule has 1 N–H and O–H groups in total. The molecule has 1 saturated heterocycles. The van der Waals surface area contributed by atoms with Crippen LogP contribution in [0.4, 0.5) is 0 Å². The largest absolute Gasteiger partial charge is 0.454 e. The van der Waals surface area contributed by atoms with Crippen LogP contribution >= 0.6 is 0 Å². The van der Waals surface area contributed by atoms with Gasteiger partial charge in [-0.25, -0.2) is 0 Å². The fourth-order valence-electron chi connectivity index (χ4n) is 4.34. The van der Waals surface area contributed by atoms with E-state index in [4.69, 9.17) is 9.47 Å². The number of fused-ring (bicyclic) bond motifs is 2. The fourth-order valence-corrected chi connectivity index (χ4v) is 5.60. The Morgan fingerprint density at radius 1 is 1.10 bits per heavy atom. The lowest BCUT2D eigenvalue weighted by Gasteiger charge is -2.39. The van der Waals surface area contributed by atoms with Gasteiger partial charge in [-0.15, -0.1) is 0 Å². The number of carbonyl (C=O) groups excluding carboxylic acids is 1. The molecular formula is C21H23N3O5S. The predicted molar refractivity (Wildman–Crippen MR) is 109 cm³/mol. The molecule has 30 heavy (non-hydrogen) atoms. The summed E-state index contributed by atoms with van der Waals surface area (Å²) in [6.45, 7) is 1.24. The van der Waals surface area contributed by atoms with Gasteiger partial charge in [-0.1, -0.05) is 30.3 Å². The molecule has 0 aromatic heterocycles. The Hall–Kier alpha value is -2.62. The molecule has 1 fully saturated rings. The number of carbonyl (C=O) groups is 1. The molecule has 0 spiro atoms. The molecule has 158 valence electrons. The summed E-state index contributed by atoms with van der Waals surface area (Å²) >= 11 is 0. The number of hydrogen-bond acceptors (Lipinski definition) is 5. The topological polar surface area (TPSA) is 88.2 Å². The van der Waals surface area contributed by atoms with Crippen LogP contribution in [-0.4, -0.2) is 50.0 Å². The summed E-state index contributed by atoms with van der Waals surface area (Å²) in [6.07, 6.45) is 1.11. The monoisotopic (exact) mass is 429 g/mol. The molecule has 5 rings (SSSR count). The quantitative estimate of drug-likeness (QED) is 0.783. The Kier molecular flexibility index (Phi) is 4.68. The highest BCUT2D eigenvalue weighted by molar-refractivity contribution is 7.87. The molecule has 2 atom stereocenters. The summed E-state index contributed by atoms with van der Waals surface area (Å²) in [5, 5.41) is 0. The molecule has 0 aliphatic carbocycles. The van der Waals surface area contributed by atoms with Crippen LogP contribution < -0.4 is 14.2 Å². The molecule has 2 unspecified atom stereocenters. The maximum atomic E-state index is 13.4. The number of benzene rings is 2. The van der Waals surface area contributed by atoms with Gasteiger partial charge in [-0.3, -0.25) is 4.79 Å². The first-order valence-electron chi connectivity index (χ1n) is 9.93. The number of amides is 1. The molecule has 0 saturated carbocycles. The standard InChI is InChI=1S/C21H23N3O5S/c1-23-18(21(25)24-9-8-14-4-2-3-5-16(14)12-24)11-17(22-30(23,26)27)15-6-7-19-20(10-15)29-13-28-19/h2-7,10,17-18,22H,8-9,11-13H2,1H3. The smallest absolute Gasteiger partial charge is 0.280 e. The molecule has 3 heterocycles. The number of likely N-dealkylation sites (N-methyl/N-ethyl adjacent to an activating group) is 1. The van der Waals surface area contributed by atoms with Gasteiger partial charge >= 0.3 is 0 Å². The van der Waals surface area contributed by atoms with Crippen LogP contribution in [0.3, 0.4) is 0 Å². The molecule has 0 radical (unpaired) electrons. The Bertz CT molecular complexity index is 1100. The van der Waals surface area contributed by atoms with E-state index in [1.165, 1.54) is 12.6 Å². The SMILES string of the molecule is CN1C(C(=O)N2CCc3ccccc3C2)CC(c2ccc3c(c2)OCO3)NS1(=O)=O. The van der Waals surface area contributed by atoms with Crippen LogP contribution in [0.2, 0.25) is 0 Å². The Morgan fingerprint density at radius 3 is 2.70 bits per heavy atom. The Balaban J connectivity index is 1.40. The fraction of sp³-hybridized carbons (Fsp3) is 0.381. The molecule has 0 bridgehead atoms. The van der Waals surface area contributed by atoms with E-state index >= 15 is 0 Å². The van der Waals surface area contributed by atoms with E-state index in [0.717, 1.165) is 21.9 Å². The molecule has 9 heteroatoms. The third-order valence-corrected chi connectivity index (χ3v) is 7.69. The molecule has 3 aliphatic rings. The van der Waals surface area contributed by atoms with E-state index in [1.54, 1.807) is 17.0 Å². The van der Waals surface area contributed by atoms with Gasteiger partial charge in [-0.2, -0.15) is 17.4 Å². The van der Waals surface area contributed by atoms with Crippen LogP contribution in [0.1, 0.15) is 29.2 Å². The average molecular weight is 429 g/mol. The third kappa shape index (κ3) is 3.32. The van der Waals surface area contributed by atoms with Crippen molar-refractivity contribution in [1.29, 1.82) is 0 Å². The van der Waals surface area contributed by atoms with Gasteiger partial charge in [0.05, 0.1) is 6.04 Å². The first-order valence-corrected chi connectivity index (χ1v) is 11.4. The first-order chi connectivity index (χ1) is 14.4. The summed E-state index contributed by atoms with van der Waals surface area (Å²) in [4.78, 5) is 15.1. The van der Waals surface area contributed by atoms with Gasteiger partial charge in [0, 0.05) is 20.1 Å². The van der Waals surface area contributed by atoms with Gasteiger partial charge in [0.2, 0.25) is 12.7 Å². The minimum absolute atomic E-state index is 0.148. The van der Waals surface area contributed by atoms with Crippen molar-refractivity contribution in [3.8, 4) is 11.5 Å². The number of rotatable bonds is 2. The average Bonchev–Trinajstić information content (AvgIpc) is 3.22. The van der Waals surface area contributed by atoms with Gasteiger partial charge in [-0.05, 0) is 41.7 Å². The molecule has 2 aromatic rings. The summed E-state index contributed by atoms with van der Waals surface area (Å²) in [5.74, 6) is 1.05. The number of nitrogens with one attached hydrogen (secondary N) is 1. The third-order valence-electron chi connectivity index (χ3n) is 6.09. The van der Waals surface area contributed by atoms with Crippen molar-refractivity contribution >= 4 is 16.1 Å². The van der Waals surface area contributed by atoms with Crippen molar-refractivity contribution in [3.05, 3.63) is 59.2 Å². The second-order valence-electron chi connectivity index (χ2n) is 7.83. The second-order valence-corrected chi connectivity index (χ2v) is 9.60. The van der Waals surface area contributed by atoms with E-state index in [0.29, 0.717) is 31.0 Å². The van der Waals surface area contributed by atoms with Crippen LogP contribution in [0.5, 0.6) is 11.5 Å². The number of hydrogen-bond donors (Lipinski definition) is 1. The molecule has 3 aliphatic heterocycles.